The van der Waals surface area contributed by atoms with E-state index < -0.39 is 0 Å². The van der Waals surface area contributed by atoms with E-state index in [0.29, 0.717) is 19.7 Å². The first-order valence-electron chi connectivity index (χ1n) is 5.31. The highest BCUT2D eigenvalue weighted by atomic mass is 16.5. The quantitative estimate of drug-likeness (QED) is 0.812. The van der Waals surface area contributed by atoms with Gasteiger partial charge in [-0.1, -0.05) is 12.1 Å². The van der Waals surface area contributed by atoms with Crippen molar-refractivity contribution >= 4 is 5.91 Å². The van der Waals surface area contributed by atoms with Crippen molar-refractivity contribution in [1.82, 2.24) is 4.90 Å². The van der Waals surface area contributed by atoms with Gasteiger partial charge in [0.05, 0.1) is 6.61 Å². The molecule has 0 aromatic heterocycles. The van der Waals surface area contributed by atoms with E-state index in [1.807, 2.05) is 19.1 Å². The molecule has 1 aliphatic rings. The second kappa shape index (κ2) is 4.53. The molecule has 86 valence electrons. The van der Waals surface area contributed by atoms with Gasteiger partial charge in [-0.2, -0.15) is 0 Å². The minimum Gasteiger partial charge on any atom is -0.508 e. The highest BCUT2D eigenvalue weighted by Crippen LogP contribution is 2.20. The summed E-state index contributed by atoms with van der Waals surface area (Å²) in [4.78, 5) is 13.2. The van der Waals surface area contributed by atoms with Crippen molar-refractivity contribution in [3.8, 4) is 5.75 Å². The molecule has 1 aromatic rings. The van der Waals surface area contributed by atoms with Gasteiger partial charge in [-0.05, 0) is 18.6 Å². The molecule has 1 fully saturated rings. The number of amides is 1. The fourth-order valence-corrected chi connectivity index (χ4v) is 1.73. The number of carbonyl (C=O) groups excluding carboxylic acids is 1. The number of rotatable bonds is 2. The van der Waals surface area contributed by atoms with Crippen LogP contribution in [0.1, 0.15) is 11.1 Å². The van der Waals surface area contributed by atoms with Gasteiger partial charge in [0.25, 0.3) is 0 Å². The average molecular weight is 221 g/mol. The number of phenols is 1. The van der Waals surface area contributed by atoms with Gasteiger partial charge < -0.3 is 14.7 Å². The van der Waals surface area contributed by atoms with Gasteiger partial charge in [0, 0.05) is 18.7 Å². The Kier molecular flexibility index (Phi) is 3.10. The van der Waals surface area contributed by atoms with E-state index in [4.69, 9.17) is 4.74 Å². The Bertz CT molecular complexity index is 403. The molecule has 0 saturated carbocycles. The monoisotopic (exact) mass is 221 g/mol. The van der Waals surface area contributed by atoms with Gasteiger partial charge in [0.15, 0.2) is 0 Å². The van der Waals surface area contributed by atoms with Crippen molar-refractivity contribution in [3.05, 3.63) is 29.3 Å². The van der Waals surface area contributed by atoms with E-state index in [1.54, 1.807) is 11.0 Å². The summed E-state index contributed by atoms with van der Waals surface area (Å²) in [6.07, 6.45) is 0. The van der Waals surface area contributed by atoms with Crippen LogP contribution >= 0.6 is 0 Å². The lowest BCUT2D eigenvalue weighted by atomic mass is 10.1. The molecular weight excluding hydrogens is 206 g/mol. The van der Waals surface area contributed by atoms with Crippen LogP contribution in [-0.4, -0.2) is 35.7 Å². The Morgan fingerprint density at radius 1 is 1.50 bits per heavy atom. The van der Waals surface area contributed by atoms with E-state index in [2.05, 4.69) is 0 Å². The Morgan fingerprint density at radius 2 is 2.31 bits per heavy atom. The molecule has 0 atom stereocenters. The van der Waals surface area contributed by atoms with Crippen LogP contribution in [0.4, 0.5) is 0 Å². The fraction of sp³-hybridized carbons (Fsp3) is 0.417. The van der Waals surface area contributed by atoms with E-state index >= 15 is 0 Å². The zero-order valence-electron chi connectivity index (χ0n) is 9.27. The van der Waals surface area contributed by atoms with Crippen molar-refractivity contribution in [2.75, 3.05) is 19.8 Å². The Morgan fingerprint density at radius 3 is 3.00 bits per heavy atom. The molecular formula is C12H15NO3. The highest BCUT2D eigenvalue weighted by molar-refractivity contribution is 5.78. The number of benzene rings is 1. The molecule has 0 bridgehead atoms. The van der Waals surface area contributed by atoms with Crippen molar-refractivity contribution in [3.63, 3.8) is 0 Å². The second-order valence-electron chi connectivity index (χ2n) is 4.00. The third-order valence-corrected chi connectivity index (χ3v) is 2.69. The van der Waals surface area contributed by atoms with Crippen molar-refractivity contribution in [1.29, 1.82) is 0 Å². The number of carbonyl (C=O) groups is 1. The summed E-state index contributed by atoms with van der Waals surface area (Å²) in [5, 5.41) is 9.74. The number of morpholine rings is 1. The van der Waals surface area contributed by atoms with Crippen LogP contribution in [0.25, 0.3) is 0 Å². The number of nitrogens with zero attached hydrogens (tertiary/aromatic N) is 1. The lowest BCUT2D eigenvalue weighted by molar-refractivity contribution is -0.143. The topological polar surface area (TPSA) is 49.8 Å². The molecule has 0 unspecified atom stereocenters. The fourth-order valence-electron chi connectivity index (χ4n) is 1.73. The third kappa shape index (κ3) is 2.33. The lowest BCUT2D eigenvalue weighted by Gasteiger charge is -2.27. The standard InChI is InChI=1S/C12H15NO3/c1-9-2-3-10(11(14)6-9)7-13-4-5-16-8-12(13)15/h2-3,6,14H,4-5,7-8H2,1H3. The molecule has 4 heteroatoms. The molecule has 1 N–H and O–H groups in total. The second-order valence-corrected chi connectivity index (χ2v) is 4.00. The van der Waals surface area contributed by atoms with Crippen LogP contribution in [0.5, 0.6) is 5.75 Å². The van der Waals surface area contributed by atoms with Crippen molar-refractivity contribution in [2.24, 2.45) is 0 Å². The average Bonchev–Trinajstić information content (AvgIpc) is 2.25. The summed E-state index contributed by atoms with van der Waals surface area (Å²) in [5.41, 5.74) is 1.79. The summed E-state index contributed by atoms with van der Waals surface area (Å²) in [6, 6.07) is 5.49. The van der Waals surface area contributed by atoms with E-state index in [1.165, 1.54) is 0 Å². The molecule has 1 saturated heterocycles. The smallest absolute Gasteiger partial charge is 0.248 e. The van der Waals surface area contributed by atoms with Crippen molar-refractivity contribution in [2.45, 2.75) is 13.5 Å². The Balaban J connectivity index is 2.10. The van der Waals surface area contributed by atoms with Gasteiger partial charge in [0.2, 0.25) is 5.91 Å². The lowest BCUT2D eigenvalue weighted by Crippen LogP contribution is -2.40. The zero-order chi connectivity index (χ0) is 11.5. The maximum absolute atomic E-state index is 11.5. The normalized spacial score (nSPS) is 16.6. The summed E-state index contributed by atoms with van der Waals surface area (Å²) in [5.74, 6) is 0.227. The first kappa shape index (κ1) is 11.0. The van der Waals surface area contributed by atoms with Gasteiger partial charge >= 0.3 is 0 Å². The number of phenolic OH excluding ortho intramolecular Hbond substituents is 1. The molecule has 0 radical (unpaired) electrons. The van der Waals surface area contributed by atoms with Crippen LogP contribution in [0.15, 0.2) is 18.2 Å². The van der Waals surface area contributed by atoms with E-state index in [9.17, 15) is 9.90 Å². The molecule has 2 rings (SSSR count). The summed E-state index contributed by atoms with van der Waals surface area (Å²) < 4.78 is 5.05. The number of hydrogen-bond acceptors (Lipinski definition) is 3. The zero-order valence-corrected chi connectivity index (χ0v) is 9.27. The van der Waals surface area contributed by atoms with E-state index in [-0.39, 0.29) is 18.3 Å². The maximum Gasteiger partial charge on any atom is 0.248 e. The molecule has 16 heavy (non-hydrogen) atoms. The molecule has 1 aliphatic heterocycles. The molecule has 1 heterocycles. The van der Waals surface area contributed by atoms with Gasteiger partial charge in [0.1, 0.15) is 12.4 Å². The van der Waals surface area contributed by atoms with Gasteiger partial charge in [-0.3, -0.25) is 4.79 Å². The highest BCUT2D eigenvalue weighted by Gasteiger charge is 2.19. The van der Waals surface area contributed by atoms with Gasteiger partial charge in [-0.15, -0.1) is 0 Å². The summed E-state index contributed by atoms with van der Waals surface area (Å²) in [7, 11) is 0. The van der Waals surface area contributed by atoms with Crippen LogP contribution in [0.3, 0.4) is 0 Å². The molecule has 0 aliphatic carbocycles. The van der Waals surface area contributed by atoms with Gasteiger partial charge in [-0.25, -0.2) is 0 Å². The SMILES string of the molecule is Cc1ccc(CN2CCOCC2=O)c(O)c1. The molecule has 4 nitrogen and oxygen atoms in total. The minimum atomic E-state index is -0.0220. The first-order valence-corrected chi connectivity index (χ1v) is 5.31. The maximum atomic E-state index is 11.5. The number of aromatic hydroxyl groups is 1. The van der Waals surface area contributed by atoms with E-state index in [0.717, 1.165) is 11.1 Å². The molecule has 1 amide bonds. The minimum absolute atomic E-state index is 0.0220. The van der Waals surface area contributed by atoms with Crippen LogP contribution in [-0.2, 0) is 16.1 Å². The molecule has 1 aromatic carbocycles. The van der Waals surface area contributed by atoms with Crippen molar-refractivity contribution < 1.29 is 14.6 Å². The Hall–Kier alpha value is -1.55. The molecule has 0 spiro atoms. The largest absolute Gasteiger partial charge is 0.508 e. The summed E-state index contributed by atoms with van der Waals surface area (Å²) in [6.45, 7) is 3.68. The predicted octanol–water partition coefficient (Wildman–Crippen LogP) is 1.06. The third-order valence-electron chi connectivity index (χ3n) is 2.69. The van der Waals surface area contributed by atoms with Crippen LogP contribution in [0, 0.1) is 6.92 Å². The number of aryl methyl sites for hydroxylation is 1. The number of hydrogen-bond donors (Lipinski definition) is 1. The van der Waals surface area contributed by atoms with Crippen LogP contribution in [0.2, 0.25) is 0 Å². The van der Waals surface area contributed by atoms with Crippen LogP contribution < -0.4 is 0 Å². The predicted molar refractivity (Wildman–Crippen MR) is 59.1 cm³/mol. The summed E-state index contributed by atoms with van der Waals surface area (Å²) >= 11 is 0. The first-order chi connectivity index (χ1) is 7.66. The number of ether oxygens (including phenoxy) is 1. The Labute approximate surface area is 94.4 Å².